The topological polar surface area (TPSA) is 35.8 Å². The Labute approximate surface area is 246 Å². The molecule has 0 heterocycles. The van der Waals surface area contributed by atoms with Crippen molar-refractivity contribution in [1.82, 2.24) is 5.32 Å². The van der Waals surface area contributed by atoms with Crippen LogP contribution in [0.25, 0.3) is 72.3 Å². The van der Waals surface area contributed by atoms with Gasteiger partial charge >= 0.3 is 0 Å². The van der Waals surface area contributed by atoms with Crippen LogP contribution in [-0.4, -0.2) is 0 Å². The Hall–Kier alpha value is -5.65. The summed E-state index contributed by atoms with van der Waals surface area (Å²) in [4.78, 5) is 0. The summed E-state index contributed by atoms with van der Waals surface area (Å²) in [6.45, 7) is 10.2. The molecule has 0 atom stereocenters. The molecule has 0 aliphatic carbocycles. The van der Waals surface area contributed by atoms with Crippen LogP contribution in [0.4, 0.5) is 0 Å². The molecule has 0 saturated heterocycles. The van der Waals surface area contributed by atoms with Crippen molar-refractivity contribution in [2.24, 2.45) is 0 Å². The van der Waals surface area contributed by atoms with Gasteiger partial charge in [0.05, 0.1) is 0 Å². The number of nitriles is 1. The zero-order valence-corrected chi connectivity index (χ0v) is 23.6. The van der Waals surface area contributed by atoms with Crippen LogP contribution in [0.15, 0.2) is 135 Å². The number of rotatable bonds is 7. The Kier molecular flexibility index (Phi) is 7.24. The Morgan fingerprint density at radius 2 is 1.21 bits per heavy atom. The van der Waals surface area contributed by atoms with Gasteiger partial charge in [-0.25, -0.2) is 0 Å². The maximum atomic E-state index is 9.16. The summed E-state index contributed by atoms with van der Waals surface area (Å²) in [6, 6.07) is 36.7. The standard InChI is InChI=1S/C40H30N2/c1-4-14-28(25-42-26-41)30-23-24-38(32-17-8-7-16-31(30)32)40-36-20-11-9-18-34(36)39(35-19-10-12-21-37(35)40)33-22-13-15-27(5-2)29(33)6-3/h4-25,42H,2-3H2,1H3/b14-4-,28-25+. The first-order valence-electron chi connectivity index (χ1n) is 14.0. The predicted molar refractivity (Wildman–Crippen MR) is 182 cm³/mol. The third-order valence-corrected chi connectivity index (χ3v) is 7.91. The summed E-state index contributed by atoms with van der Waals surface area (Å²) >= 11 is 0. The van der Waals surface area contributed by atoms with Gasteiger partial charge in [-0.3, -0.25) is 5.32 Å². The summed E-state index contributed by atoms with van der Waals surface area (Å²) in [5.74, 6) is 0. The van der Waals surface area contributed by atoms with E-state index in [2.05, 4.69) is 122 Å². The van der Waals surface area contributed by atoms with Crippen molar-refractivity contribution in [3.63, 3.8) is 0 Å². The Bertz CT molecular complexity index is 2060. The van der Waals surface area contributed by atoms with Gasteiger partial charge in [0.25, 0.3) is 0 Å². The highest BCUT2D eigenvalue weighted by molar-refractivity contribution is 6.24. The molecule has 2 heteroatoms. The first-order valence-corrected chi connectivity index (χ1v) is 14.0. The van der Waals surface area contributed by atoms with E-state index in [-0.39, 0.29) is 0 Å². The van der Waals surface area contributed by atoms with Crippen molar-refractivity contribution in [2.45, 2.75) is 6.92 Å². The molecule has 200 valence electrons. The Balaban J connectivity index is 1.75. The van der Waals surface area contributed by atoms with Gasteiger partial charge in [-0.2, -0.15) is 5.26 Å². The van der Waals surface area contributed by atoms with Crippen LogP contribution in [0, 0.1) is 11.5 Å². The lowest BCUT2D eigenvalue weighted by Crippen LogP contribution is -1.97. The lowest BCUT2D eigenvalue weighted by Gasteiger charge is -2.21. The maximum absolute atomic E-state index is 9.16. The number of hydrogen-bond donors (Lipinski definition) is 1. The molecule has 0 radical (unpaired) electrons. The van der Waals surface area contributed by atoms with E-state index >= 15 is 0 Å². The van der Waals surface area contributed by atoms with Crippen molar-refractivity contribution in [3.05, 3.63) is 151 Å². The molecule has 6 aromatic carbocycles. The minimum Gasteiger partial charge on any atom is -0.299 e. The van der Waals surface area contributed by atoms with E-state index in [4.69, 9.17) is 5.26 Å². The van der Waals surface area contributed by atoms with E-state index < -0.39 is 0 Å². The van der Waals surface area contributed by atoms with Crippen LogP contribution in [0.5, 0.6) is 0 Å². The molecule has 0 fully saturated rings. The van der Waals surface area contributed by atoms with Crippen LogP contribution in [-0.2, 0) is 0 Å². The quantitative estimate of drug-likeness (QED) is 0.0949. The monoisotopic (exact) mass is 538 g/mol. The second-order valence-electron chi connectivity index (χ2n) is 10.1. The van der Waals surface area contributed by atoms with Crippen molar-refractivity contribution in [2.75, 3.05) is 0 Å². The maximum Gasteiger partial charge on any atom is 0.180 e. The SMILES string of the molecule is C=Cc1cccc(-c2c3ccccc3c(-c3ccc(C(/C=C\C)=C/NC#N)c4ccccc34)c3ccccc23)c1C=C. The Morgan fingerprint density at radius 1 is 0.643 bits per heavy atom. The summed E-state index contributed by atoms with van der Waals surface area (Å²) in [6.07, 6.45) is 11.6. The molecule has 6 rings (SSSR count). The van der Waals surface area contributed by atoms with Gasteiger partial charge in [0.2, 0.25) is 0 Å². The number of nitrogens with one attached hydrogen (secondary N) is 1. The highest BCUT2D eigenvalue weighted by Gasteiger charge is 2.20. The molecule has 2 nitrogen and oxygen atoms in total. The van der Waals surface area contributed by atoms with E-state index in [0.717, 1.165) is 38.6 Å². The molecule has 0 amide bonds. The van der Waals surface area contributed by atoms with Gasteiger partial charge in [0.1, 0.15) is 0 Å². The minimum absolute atomic E-state index is 0.950. The Morgan fingerprint density at radius 3 is 1.76 bits per heavy atom. The van der Waals surface area contributed by atoms with Crippen LogP contribution < -0.4 is 5.32 Å². The van der Waals surface area contributed by atoms with Crippen molar-refractivity contribution in [3.8, 4) is 28.4 Å². The molecule has 6 aromatic rings. The average molecular weight is 539 g/mol. The first-order chi connectivity index (χ1) is 20.7. The molecule has 0 bridgehead atoms. The van der Waals surface area contributed by atoms with E-state index in [1.807, 2.05) is 37.4 Å². The largest absolute Gasteiger partial charge is 0.299 e. The molecular weight excluding hydrogens is 508 g/mol. The van der Waals surface area contributed by atoms with Crippen LogP contribution in [0.2, 0.25) is 0 Å². The molecule has 42 heavy (non-hydrogen) atoms. The lowest BCUT2D eigenvalue weighted by atomic mass is 9.82. The van der Waals surface area contributed by atoms with Gasteiger partial charge in [-0.15, -0.1) is 0 Å². The first kappa shape index (κ1) is 26.6. The molecule has 0 unspecified atom stereocenters. The smallest absolute Gasteiger partial charge is 0.180 e. The molecule has 0 saturated carbocycles. The van der Waals surface area contributed by atoms with Crippen molar-refractivity contribution < 1.29 is 0 Å². The zero-order chi connectivity index (χ0) is 29.1. The molecule has 0 aromatic heterocycles. The van der Waals surface area contributed by atoms with Crippen LogP contribution >= 0.6 is 0 Å². The third kappa shape index (κ3) is 4.38. The van der Waals surface area contributed by atoms with E-state index in [1.165, 1.54) is 38.2 Å². The summed E-state index contributed by atoms with van der Waals surface area (Å²) < 4.78 is 0. The summed E-state index contributed by atoms with van der Waals surface area (Å²) in [5.41, 5.74) is 8.89. The fraction of sp³-hybridized carbons (Fsp3) is 0.0250. The molecule has 1 N–H and O–H groups in total. The molecule has 0 aliphatic rings. The normalized spacial score (nSPS) is 11.7. The number of fused-ring (bicyclic) bond motifs is 3. The minimum atomic E-state index is 0.950. The van der Waals surface area contributed by atoms with Gasteiger partial charge in [-0.05, 0) is 83.8 Å². The fourth-order valence-electron chi connectivity index (χ4n) is 6.19. The van der Waals surface area contributed by atoms with Gasteiger partial charge < -0.3 is 0 Å². The molecule has 0 spiro atoms. The lowest BCUT2D eigenvalue weighted by molar-refractivity contribution is 1.20. The zero-order valence-electron chi connectivity index (χ0n) is 23.6. The second-order valence-corrected chi connectivity index (χ2v) is 10.1. The van der Waals surface area contributed by atoms with E-state index in [1.54, 1.807) is 6.20 Å². The fourth-order valence-corrected chi connectivity index (χ4v) is 6.19. The number of benzene rings is 6. The number of hydrogen-bond acceptors (Lipinski definition) is 2. The van der Waals surface area contributed by atoms with Crippen LogP contribution in [0.1, 0.15) is 23.6 Å². The van der Waals surface area contributed by atoms with Gasteiger partial charge in [0.15, 0.2) is 6.19 Å². The second kappa shape index (κ2) is 11.5. The van der Waals surface area contributed by atoms with E-state index in [9.17, 15) is 0 Å². The molecule has 0 aliphatic heterocycles. The van der Waals surface area contributed by atoms with Gasteiger partial charge in [-0.1, -0.05) is 141 Å². The average Bonchev–Trinajstić information content (AvgIpc) is 3.05. The number of allylic oxidation sites excluding steroid dienone is 3. The summed E-state index contributed by atoms with van der Waals surface area (Å²) in [7, 11) is 0. The van der Waals surface area contributed by atoms with E-state index in [0.29, 0.717) is 0 Å². The van der Waals surface area contributed by atoms with Crippen molar-refractivity contribution >= 4 is 50.0 Å². The van der Waals surface area contributed by atoms with Crippen LogP contribution in [0.3, 0.4) is 0 Å². The highest BCUT2D eigenvalue weighted by atomic mass is 14.8. The third-order valence-electron chi connectivity index (χ3n) is 7.91. The number of nitrogens with zero attached hydrogens (tertiary/aromatic N) is 1. The van der Waals surface area contributed by atoms with Gasteiger partial charge in [0, 0.05) is 6.20 Å². The molecular formula is C40H30N2. The highest BCUT2D eigenvalue weighted by Crippen LogP contribution is 2.47. The predicted octanol–water partition coefficient (Wildman–Crippen LogP) is 10.8. The van der Waals surface area contributed by atoms with Crippen molar-refractivity contribution in [1.29, 1.82) is 5.26 Å². The summed E-state index contributed by atoms with van der Waals surface area (Å²) in [5, 5.41) is 18.9.